The minimum Gasteiger partial charge on any atom is -0.495 e. The number of rotatable bonds is 6. The van der Waals surface area contributed by atoms with Crippen LogP contribution >= 0.6 is 11.6 Å². The number of carbonyl (C=O) groups excluding carboxylic acids is 2. The number of anilines is 2. The van der Waals surface area contributed by atoms with Gasteiger partial charge in [-0.1, -0.05) is 35.9 Å². The number of likely N-dealkylation sites (tertiary alicyclic amines) is 1. The summed E-state index contributed by atoms with van der Waals surface area (Å²) in [4.78, 5) is 31.8. The van der Waals surface area contributed by atoms with E-state index >= 15 is 0 Å². The first-order valence-corrected chi connectivity index (χ1v) is 13.4. The highest BCUT2D eigenvalue weighted by Crippen LogP contribution is 2.33. The quantitative estimate of drug-likeness (QED) is 0.435. The number of nitrogens with zero attached hydrogens (tertiary/aromatic N) is 5. The van der Waals surface area contributed by atoms with Crippen LogP contribution in [-0.2, 0) is 9.53 Å². The van der Waals surface area contributed by atoms with Crippen molar-refractivity contribution in [1.82, 2.24) is 15.1 Å². The molecule has 38 heavy (non-hydrogen) atoms. The molecule has 5 rings (SSSR count). The summed E-state index contributed by atoms with van der Waals surface area (Å²) in [7, 11) is 1.66. The number of esters is 1. The topological polar surface area (TPSA) is 88.1 Å². The standard InChI is InChI=1S/C28H32ClN5O4/c1-3-38-28(36)19-10-12-34(13-11-19)27(35)25-21-6-4-5-7-22(21)26(31-30-25)33-16-14-32(15-17-33)23-18-20(29)8-9-24(23)37-2/h4-9,18-19H,3,10-17H2,1-2H3. The second-order valence-electron chi connectivity index (χ2n) is 9.53. The molecule has 0 radical (unpaired) electrons. The minimum absolute atomic E-state index is 0.152. The maximum atomic E-state index is 13.5. The molecule has 200 valence electrons. The lowest BCUT2D eigenvalue weighted by atomic mass is 9.96. The number of fused-ring (bicyclic) bond motifs is 1. The van der Waals surface area contributed by atoms with E-state index in [0.29, 0.717) is 43.3 Å². The Morgan fingerprint density at radius 1 is 0.947 bits per heavy atom. The first-order chi connectivity index (χ1) is 18.5. The Hall–Kier alpha value is -3.59. The Bertz CT molecular complexity index is 1320. The number of halogens is 1. The van der Waals surface area contributed by atoms with E-state index in [1.807, 2.05) is 42.5 Å². The van der Waals surface area contributed by atoms with E-state index in [2.05, 4.69) is 20.0 Å². The van der Waals surface area contributed by atoms with Gasteiger partial charge in [-0.3, -0.25) is 9.59 Å². The Kier molecular flexibility index (Phi) is 7.83. The number of aromatic nitrogens is 2. The number of amides is 1. The number of hydrogen-bond acceptors (Lipinski definition) is 8. The molecule has 1 amide bonds. The van der Waals surface area contributed by atoms with Crippen LogP contribution in [0.25, 0.3) is 10.8 Å². The van der Waals surface area contributed by atoms with Gasteiger partial charge >= 0.3 is 5.97 Å². The van der Waals surface area contributed by atoms with Crippen molar-refractivity contribution in [2.45, 2.75) is 19.8 Å². The summed E-state index contributed by atoms with van der Waals surface area (Å²) < 4.78 is 10.7. The van der Waals surface area contributed by atoms with Crippen LogP contribution in [-0.4, -0.2) is 80.0 Å². The van der Waals surface area contributed by atoms with Gasteiger partial charge in [0.2, 0.25) is 0 Å². The largest absolute Gasteiger partial charge is 0.495 e. The third-order valence-electron chi connectivity index (χ3n) is 7.33. The molecule has 0 saturated carbocycles. The molecule has 0 bridgehead atoms. The van der Waals surface area contributed by atoms with Gasteiger partial charge in [0.05, 0.1) is 25.3 Å². The molecule has 2 saturated heterocycles. The summed E-state index contributed by atoms with van der Waals surface area (Å²) in [5.41, 5.74) is 1.32. The molecule has 2 aliphatic heterocycles. The van der Waals surface area contributed by atoms with Crippen LogP contribution < -0.4 is 14.5 Å². The van der Waals surface area contributed by atoms with Gasteiger partial charge in [0.15, 0.2) is 11.5 Å². The summed E-state index contributed by atoms with van der Waals surface area (Å²) >= 11 is 6.25. The summed E-state index contributed by atoms with van der Waals surface area (Å²) in [6, 6.07) is 13.4. The minimum atomic E-state index is -0.178. The zero-order valence-electron chi connectivity index (χ0n) is 21.7. The molecule has 2 fully saturated rings. The molecular weight excluding hydrogens is 506 g/mol. The molecule has 2 aromatic carbocycles. The van der Waals surface area contributed by atoms with E-state index in [-0.39, 0.29) is 17.8 Å². The second kappa shape index (κ2) is 11.4. The van der Waals surface area contributed by atoms with Crippen LogP contribution in [0.4, 0.5) is 11.5 Å². The molecule has 3 aromatic rings. The molecule has 0 aliphatic carbocycles. The van der Waals surface area contributed by atoms with E-state index in [1.54, 1.807) is 18.9 Å². The molecule has 0 unspecified atom stereocenters. The molecule has 10 heteroatoms. The van der Waals surface area contributed by atoms with Crippen molar-refractivity contribution < 1.29 is 19.1 Å². The molecule has 3 heterocycles. The zero-order valence-corrected chi connectivity index (χ0v) is 22.5. The summed E-state index contributed by atoms with van der Waals surface area (Å²) in [5, 5.41) is 11.3. The van der Waals surface area contributed by atoms with Gasteiger partial charge in [-0.05, 0) is 38.0 Å². The van der Waals surface area contributed by atoms with Crippen LogP contribution in [0, 0.1) is 5.92 Å². The zero-order chi connectivity index (χ0) is 26.6. The monoisotopic (exact) mass is 537 g/mol. The Labute approximate surface area is 227 Å². The third kappa shape index (κ3) is 5.20. The van der Waals surface area contributed by atoms with E-state index in [0.717, 1.165) is 54.2 Å². The molecule has 9 nitrogen and oxygen atoms in total. The van der Waals surface area contributed by atoms with Crippen molar-refractivity contribution in [2.75, 3.05) is 62.8 Å². The van der Waals surface area contributed by atoms with Crippen LogP contribution in [0.3, 0.4) is 0 Å². The van der Waals surface area contributed by atoms with Crippen molar-refractivity contribution in [3.8, 4) is 5.75 Å². The molecular formula is C28H32ClN5O4. The Morgan fingerprint density at radius 2 is 1.63 bits per heavy atom. The summed E-state index contributed by atoms with van der Waals surface area (Å²) in [6.07, 6.45) is 1.19. The lowest BCUT2D eigenvalue weighted by Crippen LogP contribution is -2.47. The van der Waals surface area contributed by atoms with Crippen LogP contribution in [0.1, 0.15) is 30.3 Å². The van der Waals surface area contributed by atoms with Gasteiger partial charge < -0.3 is 24.2 Å². The van der Waals surface area contributed by atoms with Crippen molar-refractivity contribution in [1.29, 1.82) is 0 Å². The van der Waals surface area contributed by atoms with Crippen molar-refractivity contribution in [2.24, 2.45) is 5.92 Å². The maximum Gasteiger partial charge on any atom is 0.309 e. The number of piperidine rings is 1. The van der Waals surface area contributed by atoms with Crippen molar-refractivity contribution >= 4 is 45.8 Å². The van der Waals surface area contributed by atoms with Gasteiger partial charge in [0.1, 0.15) is 5.75 Å². The van der Waals surface area contributed by atoms with Crippen LogP contribution in [0.15, 0.2) is 42.5 Å². The normalized spacial score (nSPS) is 16.6. The third-order valence-corrected chi connectivity index (χ3v) is 7.57. The highest BCUT2D eigenvalue weighted by molar-refractivity contribution is 6.31. The highest BCUT2D eigenvalue weighted by atomic mass is 35.5. The van der Waals surface area contributed by atoms with Gasteiger partial charge in [0, 0.05) is 55.1 Å². The number of methoxy groups -OCH3 is 1. The highest BCUT2D eigenvalue weighted by Gasteiger charge is 2.31. The van der Waals surface area contributed by atoms with Crippen LogP contribution in [0.2, 0.25) is 5.02 Å². The number of ether oxygens (including phenoxy) is 2. The molecule has 1 aromatic heterocycles. The molecule has 2 aliphatic rings. The number of carbonyl (C=O) groups is 2. The maximum absolute atomic E-state index is 13.5. The summed E-state index contributed by atoms with van der Waals surface area (Å²) in [6.45, 7) is 6.18. The van der Waals surface area contributed by atoms with Gasteiger partial charge in [0.25, 0.3) is 5.91 Å². The predicted octanol–water partition coefficient (Wildman–Crippen LogP) is 4.03. The van der Waals surface area contributed by atoms with E-state index in [9.17, 15) is 9.59 Å². The molecule has 0 spiro atoms. The predicted molar refractivity (Wildman–Crippen MR) is 147 cm³/mol. The van der Waals surface area contributed by atoms with E-state index in [4.69, 9.17) is 21.1 Å². The molecule has 0 N–H and O–H groups in total. The first kappa shape index (κ1) is 26.0. The second-order valence-corrected chi connectivity index (χ2v) is 9.96. The average molecular weight is 538 g/mol. The smallest absolute Gasteiger partial charge is 0.309 e. The Balaban J connectivity index is 1.32. The fraction of sp³-hybridized carbons (Fsp3) is 0.429. The van der Waals surface area contributed by atoms with E-state index in [1.165, 1.54) is 0 Å². The van der Waals surface area contributed by atoms with Gasteiger partial charge in [-0.25, -0.2) is 0 Å². The van der Waals surface area contributed by atoms with Crippen LogP contribution in [0.5, 0.6) is 5.75 Å². The fourth-order valence-corrected chi connectivity index (χ4v) is 5.45. The lowest BCUT2D eigenvalue weighted by Gasteiger charge is -2.37. The summed E-state index contributed by atoms with van der Waals surface area (Å²) in [5.74, 6) is 1.08. The average Bonchev–Trinajstić information content (AvgIpc) is 2.96. The first-order valence-electron chi connectivity index (χ1n) is 13.0. The fourth-order valence-electron chi connectivity index (χ4n) is 5.28. The van der Waals surface area contributed by atoms with Gasteiger partial charge in [-0.2, -0.15) is 0 Å². The van der Waals surface area contributed by atoms with E-state index < -0.39 is 0 Å². The molecule has 0 atom stereocenters. The van der Waals surface area contributed by atoms with Crippen molar-refractivity contribution in [3.63, 3.8) is 0 Å². The number of hydrogen-bond donors (Lipinski definition) is 0. The number of benzene rings is 2. The Morgan fingerprint density at radius 3 is 2.32 bits per heavy atom. The number of piperazine rings is 1. The van der Waals surface area contributed by atoms with Crippen molar-refractivity contribution in [3.05, 3.63) is 53.2 Å². The lowest BCUT2D eigenvalue weighted by molar-refractivity contribution is -0.149. The van der Waals surface area contributed by atoms with Gasteiger partial charge in [-0.15, -0.1) is 10.2 Å². The SMILES string of the molecule is CCOC(=O)C1CCN(C(=O)c2nnc(N3CCN(c4cc(Cl)ccc4OC)CC3)c3ccccc23)CC1.